The fourth-order valence-electron chi connectivity index (χ4n) is 4.97. The minimum absolute atomic E-state index is 0.0134. The molecular formula is C31H38N6O6. The summed E-state index contributed by atoms with van der Waals surface area (Å²) in [6.45, 7) is 2.93. The van der Waals surface area contributed by atoms with Crippen LogP contribution in [0.4, 0.5) is 0 Å². The minimum atomic E-state index is -1.56. The smallest absolute Gasteiger partial charge is 0.328 e. The highest BCUT2D eigenvalue weighted by molar-refractivity contribution is 5.95. The van der Waals surface area contributed by atoms with E-state index in [1.807, 2.05) is 62.4 Å². The van der Waals surface area contributed by atoms with E-state index in [9.17, 15) is 29.4 Å². The topological polar surface area (TPSA) is 202 Å². The van der Waals surface area contributed by atoms with Crippen molar-refractivity contribution in [3.63, 3.8) is 0 Å². The monoisotopic (exact) mass is 590 g/mol. The number of carboxylic acids is 1. The largest absolute Gasteiger partial charge is 0.480 e. The average Bonchev–Trinajstić information content (AvgIpc) is 3.61. The van der Waals surface area contributed by atoms with Crippen molar-refractivity contribution in [3.8, 4) is 0 Å². The zero-order chi connectivity index (χ0) is 31.1. The van der Waals surface area contributed by atoms with Gasteiger partial charge >= 0.3 is 5.97 Å². The number of aromatic nitrogens is 2. The lowest BCUT2D eigenvalue weighted by Gasteiger charge is -2.26. The molecule has 0 aliphatic carbocycles. The summed E-state index contributed by atoms with van der Waals surface area (Å²) in [5.74, 6) is -3.50. The van der Waals surface area contributed by atoms with Gasteiger partial charge in [-0.3, -0.25) is 14.4 Å². The van der Waals surface area contributed by atoms with Crippen LogP contribution in [-0.2, 0) is 32.0 Å². The number of amides is 3. The van der Waals surface area contributed by atoms with Gasteiger partial charge in [0.15, 0.2) is 0 Å². The maximum absolute atomic E-state index is 13.9. The summed E-state index contributed by atoms with van der Waals surface area (Å²) in [4.78, 5) is 58.2. The standard InChI is InChI=1S/C31H38N6O6/c1-3-17(2)27(32)30(41)36-25(13-19-15-34-23-11-7-5-9-21(19)23)28(39)35-24(29(40)37-26(16-38)31(42)43)12-18-14-33-22-10-6-4-8-20(18)22/h4-11,14-15,17,24-27,33-34,38H,3,12-13,16,32H2,1-2H3,(H,35,39)(H,36,41)(H,37,40)(H,42,43). The summed E-state index contributed by atoms with van der Waals surface area (Å²) >= 11 is 0. The van der Waals surface area contributed by atoms with E-state index >= 15 is 0 Å². The summed E-state index contributed by atoms with van der Waals surface area (Å²) in [5.41, 5.74) is 9.35. The van der Waals surface area contributed by atoms with Crippen molar-refractivity contribution in [1.82, 2.24) is 25.9 Å². The van der Waals surface area contributed by atoms with Crippen molar-refractivity contribution in [3.05, 3.63) is 72.1 Å². The molecule has 2 aromatic heterocycles. The number of aliphatic hydroxyl groups is 1. The Labute approximate surface area is 248 Å². The van der Waals surface area contributed by atoms with Crippen LogP contribution in [0.5, 0.6) is 0 Å². The number of rotatable bonds is 14. The Morgan fingerprint density at radius 1 is 0.767 bits per heavy atom. The van der Waals surface area contributed by atoms with Crippen LogP contribution >= 0.6 is 0 Å². The molecule has 9 N–H and O–H groups in total. The molecule has 0 aliphatic heterocycles. The van der Waals surface area contributed by atoms with Gasteiger partial charge in [-0.05, 0) is 29.2 Å². The molecule has 0 spiro atoms. The number of benzene rings is 2. The summed E-state index contributed by atoms with van der Waals surface area (Å²) in [6, 6.07) is 10.2. The molecule has 43 heavy (non-hydrogen) atoms. The Balaban J connectivity index is 1.64. The molecule has 12 heteroatoms. The predicted molar refractivity (Wildman–Crippen MR) is 162 cm³/mol. The van der Waals surface area contributed by atoms with Crippen molar-refractivity contribution in [2.75, 3.05) is 6.61 Å². The molecule has 228 valence electrons. The lowest BCUT2D eigenvalue weighted by Crippen LogP contribution is -2.58. The number of aliphatic hydroxyl groups excluding tert-OH is 1. The lowest BCUT2D eigenvalue weighted by molar-refractivity contribution is -0.143. The van der Waals surface area contributed by atoms with E-state index in [1.54, 1.807) is 12.4 Å². The van der Waals surface area contributed by atoms with Crippen molar-refractivity contribution in [2.24, 2.45) is 11.7 Å². The molecule has 12 nitrogen and oxygen atoms in total. The number of nitrogens with two attached hydrogens (primary N) is 1. The molecule has 0 aliphatic rings. The Hall–Kier alpha value is -4.68. The first-order chi connectivity index (χ1) is 20.6. The number of carbonyl (C=O) groups excluding carboxylic acids is 3. The highest BCUT2D eigenvalue weighted by atomic mass is 16.4. The van der Waals surface area contributed by atoms with Crippen LogP contribution in [-0.4, -0.2) is 74.6 Å². The van der Waals surface area contributed by atoms with Gasteiger partial charge in [0, 0.05) is 47.0 Å². The van der Waals surface area contributed by atoms with Crippen LogP contribution in [0.2, 0.25) is 0 Å². The summed E-state index contributed by atoms with van der Waals surface area (Å²) in [7, 11) is 0. The summed E-state index contributed by atoms with van der Waals surface area (Å²) < 4.78 is 0. The number of aliphatic carboxylic acids is 1. The highest BCUT2D eigenvalue weighted by Crippen LogP contribution is 2.21. The van der Waals surface area contributed by atoms with Crippen molar-refractivity contribution < 1.29 is 29.4 Å². The molecule has 5 atom stereocenters. The second kappa shape index (κ2) is 14.0. The Morgan fingerprint density at radius 3 is 1.65 bits per heavy atom. The van der Waals surface area contributed by atoms with Gasteiger partial charge in [0.05, 0.1) is 12.6 Å². The van der Waals surface area contributed by atoms with E-state index in [0.29, 0.717) is 12.0 Å². The predicted octanol–water partition coefficient (Wildman–Crippen LogP) is 1.34. The molecule has 0 bridgehead atoms. The third-order valence-corrected chi connectivity index (χ3v) is 7.82. The maximum atomic E-state index is 13.9. The van der Waals surface area contributed by atoms with Gasteiger partial charge in [-0.15, -0.1) is 0 Å². The molecule has 4 aromatic rings. The molecular weight excluding hydrogens is 552 g/mol. The first-order valence-electron chi connectivity index (χ1n) is 14.2. The number of carboxylic acid groups (broad SMARTS) is 1. The molecule has 5 unspecified atom stereocenters. The molecule has 0 saturated heterocycles. The van der Waals surface area contributed by atoms with E-state index in [-0.39, 0.29) is 18.8 Å². The average molecular weight is 591 g/mol. The van der Waals surface area contributed by atoms with Crippen molar-refractivity contribution in [2.45, 2.75) is 57.3 Å². The van der Waals surface area contributed by atoms with E-state index in [0.717, 1.165) is 27.4 Å². The second-order valence-electron chi connectivity index (χ2n) is 10.7. The van der Waals surface area contributed by atoms with Crippen LogP contribution in [0, 0.1) is 5.92 Å². The van der Waals surface area contributed by atoms with Crippen LogP contribution < -0.4 is 21.7 Å². The number of aromatic amines is 2. The highest BCUT2D eigenvalue weighted by Gasteiger charge is 2.32. The molecule has 2 heterocycles. The van der Waals surface area contributed by atoms with Crippen molar-refractivity contribution >= 4 is 45.5 Å². The van der Waals surface area contributed by atoms with Gasteiger partial charge in [-0.25, -0.2) is 4.79 Å². The molecule has 0 saturated carbocycles. The van der Waals surface area contributed by atoms with Gasteiger partial charge < -0.3 is 41.9 Å². The van der Waals surface area contributed by atoms with E-state index in [2.05, 4.69) is 25.9 Å². The van der Waals surface area contributed by atoms with Gasteiger partial charge in [-0.2, -0.15) is 0 Å². The van der Waals surface area contributed by atoms with Crippen molar-refractivity contribution in [1.29, 1.82) is 0 Å². The molecule has 0 radical (unpaired) electrons. The summed E-state index contributed by atoms with van der Waals surface area (Å²) in [5, 5.41) is 28.4. The zero-order valence-corrected chi connectivity index (χ0v) is 24.1. The first kappa shape index (κ1) is 31.3. The third-order valence-electron chi connectivity index (χ3n) is 7.82. The SMILES string of the molecule is CCC(C)C(N)C(=O)NC(Cc1c[nH]c2ccccc12)C(=O)NC(Cc1c[nH]c2ccccc12)C(=O)NC(CO)C(=O)O. The zero-order valence-electron chi connectivity index (χ0n) is 24.1. The number of nitrogens with one attached hydrogen (secondary N) is 5. The number of fused-ring (bicyclic) bond motifs is 2. The lowest BCUT2D eigenvalue weighted by atomic mass is 9.98. The van der Waals surface area contributed by atoms with Gasteiger partial charge in [0.25, 0.3) is 0 Å². The number of hydrogen-bond donors (Lipinski definition) is 8. The minimum Gasteiger partial charge on any atom is -0.480 e. The normalized spacial score (nSPS) is 14.9. The van der Waals surface area contributed by atoms with Gasteiger partial charge in [-0.1, -0.05) is 56.7 Å². The molecule has 0 fully saturated rings. The van der Waals surface area contributed by atoms with Gasteiger partial charge in [0.1, 0.15) is 18.1 Å². The summed E-state index contributed by atoms with van der Waals surface area (Å²) in [6.07, 6.45) is 4.26. The molecule has 2 aromatic carbocycles. The number of hydrogen-bond acceptors (Lipinski definition) is 6. The Bertz CT molecular complexity index is 1600. The molecule has 4 rings (SSSR count). The Kier molecular flexibility index (Phi) is 10.2. The number of H-pyrrole nitrogens is 2. The van der Waals surface area contributed by atoms with Crippen LogP contribution in [0.15, 0.2) is 60.9 Å². The maximum Gasteiger partial charge on any atom is 0.328 e. The van der Waals surface area contributed by atoms with Crippen LogP contribution in [0.3, 0.4) is 0 Å². The van der Waals surface area contributed by atoms with E-state index in [4.69, 9.17) is 5.73 Å². The molecule has 3 amide bonds. The fourth-order valence-corrected chi connectivity index (χ4v) is 4.97. The first-order valence-corrected chi connectivity index (χ1v) is 14.2. The third kappa shape index (κ3) is 7.40. The second-order valence-corrected chi connectivity index (χ2v) is 10.7. The fraction of sp³-hybridized carbons (Fsp3) is 0.355. The van der Waals surface area contributed by atoms with Crippen LogP contribution in [0.1, 0.15) is 31.4 Å². The van der Waals surface area contributed by atoms with Crippen LogP contribution in [0.25, 0.3) is 21.8 Å². The number of carbonyl (C=O) groups is 4. The Morgan fingerprint density at radius 2 is 1.21 bits per heavy atom. The van der Waals surface area contributed by atoms with Gasteiger partial charge in [0.2, 0.25) is 17.7 Å². The number of para-hydroxylation sites is 2. The van der Waals surface area contributed by atoms with E-state index in [1.165, 1.54) is 0 Å². The quantitative estimate of drug-likeness (QED) is 0.108. The van der Waals surface area contributed by atoms with E-state index < -0.39 is 54.5 Å².